The van der Waals surface area contributed by atoms with Gasteiger partial charge < -0.3 is 18.6 Å². The molecular weight excluding hydrogens is 598 g/mol. The Morgan fingerprint density at radius 3 is 1.76 bits per heavy atom. The van der Waals surface area contributed by atoms with Crippen LogP contribution < -0.4 is 5.48 Å². The van der Waals surface area contributed by atoms with Crippen LogP contribution in [0.3, 0.4) is 0 Å². The molecular formula is C37H57NO7Si. The molecule has 0 aliphatic heterocycles. The second kappa shape index (κ2) is 19.1. The predicted molar refractivity (Wildman–Crippen MR) is 185 cm³/mol. The van der Waals surface area contributed by atoms with Crippen LogP contribution in [0.2, 0.25) is 16.6 Å². The molecule has 1 N–H and O–H groups in total. The third-order valence-electron chi connectivity index (χ3n) is 8.17. The normalized spacial score (nSPS) is 14.5. The summed E-state index contributed by atoms with van der Waals surface area (Å²) in [5, 5.41) is 0. The van der Waals surface area contributed by atoms with Crippen molar-refractivity contribution in [3.05, 3.63) is 83.9 Å². The fourth-order valence-corrected chi connectivity index (χ4v) is 11.4. The lowest BCUT2D eigenvalue weighted by Gasteiger charge is -2.42. The van der Waals surface area contributed by atoms with Crippen LogP contribution in [0.5, 0.6) is 0 Å². The summed E-state index contributed by atoms with van der Waals surface area (Å²) in [4.78, 5) is 31.5. The van der Waals surface area contributed by atoms with Gasteiger partial charge in [0.25, 0.3) is 5.91 Å². The van der Waals surface area contributed by atoms with Crippen LogP contribution in [-0.2, 0) is 46.3 Å². The third-order valence-corrected chi connectivity index (χ3v) is 14.3. The van der Waals surface area contributed by atoms with Gasteiger partial charge in [0.05, 0.1) is 25.7 Å². The highest BCUT2D eigenvalue weighted by Crippen LogP contribution is 2.42. The monoisotopic (exact) mass is 655 g/mol. The van der Waals surface area contributed by atoms with E-state index in [9.17, 15) is 9.59 Å². The highest BCUT2D eigenvalue weighted by atomic mass is 28.4. The van der Waals surface area contributed by atoms with Crippen LogP contribution in [-0.4, -0.2) is 52.2 Å². The van der Waals surface area contributed by atoms with Gasteiger partial charge in [0, 0.05) is 6.61 Å². The van der Waals surface area contributed by atoms with Crippen LogP contribution >= 0.6 is 0 Å². The molecule has 0 aliphatic carbocycles. The highest BCUT2D eigenvalue weighted by Gasteiger charge is 2.45. The maximum absolute atomic E-state index is 13.4. The van der Waals surface area contributed by atoms with E-state index in [4.69, 9.17) is 23.5 Å². The zero-order valence-electron chi connectivity index (χ0n) is 29.6. The van der Waals surface area contributed by atoms with Crippen molar-refractivity contribution < 1.29 is 33.1 Å². The Kier molecular flexibility index (Phi) is 16.3. The van der Waals surface area contributed by atoms with Crippen LogP contribution in [0.1, 0.15) is 79.9 Å². The molecule has 0 aromatic heterocycles. The van der Waals surface area contributed by atoms with Crippen molar-refractivity contribution in [3.63, 3.8) is 0 Å². The number of ether oxygens (including phenoxy) is 3. The maximum atomic E-state index is 13.4. The van der Waals surface area contributed by atoms with E-state index in [1.807, 2.05) is 72.8 Å². The van der Waals surface area contributed by atoms with Crippen molar-refractivity contribution in [1.29, 1.82) is 0 Å². The van der Waals surface area contributed by atoms with Crippen molar-refractivity contribution in [2.45, 2.75) is 117 Å². The van der Waals surface area contributed by atoms with E-state index in [2.05, 4.69) is 47.0 Å². The molecule has 0 aliphatic rings. The minimum atomic E-state index is -2.03. The van der Waals surface area contributed by atoms with E-state index < -0.39 is 43.9 Å². The summed E-state index contributed by atoms with van der Waals surface area (Å²) in [5.74, 6) is -1.20. The van der Waals surface area contributed by atoms with Gasteiger partial charge in [0.1, 0.15) is 12.2 Å². The lowest BCUT2D eigenvalue weighted by molar-refractivity contribution is -0.185. The van der Waals surface area contributed by atoms with Crippen molar-refractivity contribution in [1.82, 2.24) is 5.48 Å². The Morgan fingerprint density at radius 2 is 1.30 bits per heavy atom. The lowest BCUT2D eigenvalue weighted by atomic mass is 9.97. The van der Waals surface area contributed by atoms with E-state index in [1.165, 1.54) is 7.11 Å². The van der Waals surface area contributed by atoms with Crippen molar-refractivity contribution >= 4 is 20.2 Å². The first-order valence-corrected chi connectivity index (χ1v) is 18.5. The second-order valence-corrected chi connectivity index (χ2v) is 19.1. The number of rotatable bonds is 19. The zero-order valence-corrected chi connectivity index (χ0v) is 30.6. The molecule has 2 aromatic carbocycles. The molecule has 0 unspecified atom stereocenters. The molecule has 9 heteroatoms. The fourth-order valence-electron chi connectivity index (χ4n) is 5.90. The number of esters is 1. The number of carbonyl (C=O) groups is 2. The first-order chi connectivity index (χ1) is 21.7. The minimum Gasteiger partial charge on any atom is -0.449 e. The van der Waals surface area contributed by atoms with E-state index in [0.29, 0.717) is 29.7 Å². The van der Waals surface area contributed by atoms with Crippen LogP contribution in [0, 0.1) is 5.41 Å². The first-order valence-electron chi connectivity index (χ1n) is 16.4. The summed E-state index contributed by atoms with van der Waals surface area (Å²) in [6.07, 6.45) is 1.42. The number of carbonyl (C=O) groups excluding carboxylic acids is 2. The van der Waals surface area contributed by atoms with Crippen molar-refractivity contribution in [2.75, 3.05) is 13.7 Å². The van der Waals surface area contributed by atoms with Gasteiger partial charge in [-0.25, -0.2) is 5.48 Å². The van der Waals surface area contributed by atoms with Gasteiger partial charge in [-0.05, 0) is 54.9 Å². The number of benzene rings is 2. The SMILES string of the molecule is CONC(=O)[C@H](OC(=O)C(C)(C)C)[C@@H](OCc1ccccc1)[C@@H](/C=C\CCO[Si](C(C)C)(C(C)C)C(C)C)OCc1ccccc1. The second-order valence-electron chi connectivity index (χ2n) is 13.7. The van der Waals surface area contributed by atoms with Gasteiger partial charge in [-0.1, -0.05) is 114 Å². The zero-order chi connectivity index (χ0) is 34.3. The fraction of sp³-hybridized carbons (Fsp3) is 0.568. The highest BCUT2D eigenvalue weighted by molar-refractivity contribution is 6.77. The molecule has 0 fully saturated rings. The molecule has 1 amide bonds. The number of amides is 1. The summed E-state index contributed by atoms with van der Waals surface area (Å²) in [6, 6.07) is 19.4. The van der Waals surface area contributed by atoms with Gasteiger partial charge >= 0.3 is 5.97 Å². The molecule has 0 heterocycles. The molecule has 8 nitrogen and oxygen atoms in total. The van der Waals surface area contributed by atoms with Crippen molar-refractivity contribution in [3.8, 4) is 0 Å². The number of hydroxylamine groups is 1. The quantitative estimate of drug-likeness (QED) is 0.0540. The Bertz CT molecular complexity index is 1170. The van der Waals surface area contributed by atoms with Gasteiger partial charge in [-0.3, -0.25) is 14.4 Å². The van der Waals surface area contributed by atoms with Gasteiger partial charge in [-0.2, -0.15) is 0 Å². The summed E-state index contributed by atoms with van der Waals surface area (Å²) in [6.45, 7) is 19.8. The molecule has 0 saturated heterocycles. The summed E-state index contributed by atoms with van der Waals surface area (Å²) in [5.41, 5.74) is 4.78. The average Bonchev–Trinajstić information content (AvgIpc) is 3.00. The smallest absolute Gasteiger partial charge is 0.312 e. The van der Waals surface area contributed by atoms with Gasteiger partial charge in [0.2, 0.25) is 6.10 Å². The molecule has 0 radical (unpaired) electrons. The molecule has 0 saturated carbocycles. The Balaban J connectivity index is 2.47. The van der Waals surface area contributed by atoms with E-state index >= 15 is 0 Å². The molecule has 256 valence electrons. The maximum Gasteiger partial charge on any atom is 0.312 e. The molecule has 2 aromatic rings. The van der Waals surface area contributed by atoms with Gasteiger partial charge in [0.15, 0.2) is 8.32 Å². The standard InChI is InChI=1S/C37H57NO7Si/c1-27(2)46(28(3)4,29(5)6)44-24-18-17-23-32(42-25-30-19-13-11-14-20-30)33(43-26-31-21-15-12-16-22-31)34(35(39)38-41-10)45-36(40)37(7,8)9/h11-17,19-23,27-29,32-34H,18,24-26H2,1-10H3,(H,38,39)/b23-17-/t32-,33+,34-/m1/s1. The lowest BCUT2D eigenvalue weighted by Crippen LogP contribution is -2.52. The number of hydrogen-bond acceptors (Lipinski definition) is 7. The Morgan fingerprint density at radius 1 is 0.804 bits per heavy atom. The molecule has 0 bridgehead atoms. The Hall–Kier alpha value is -2.82. The predicted octanol–water partition coefficient (Wildman–Crippen LogP) is 7.93. The Labute approximate surface area is 278 Å². The van der Waals surface area contributed by atoms with Gasteiger partial charge in [-0.15, -0.1) is 0 Å². The molecule has 3 atom stereocenters. The van der Waals surface area contributed by atoms with Crippen LogP contribution in [0.25, 0.3) is 0 Å². The molecule has 0 spiro atoms. The third kappa shape index (κ3) is 11.8. The topological polar surface area (TPSA) is 92.3 Å². The van der Waals surface area contributed by atoms with E-state index in [-0.39, 0.29) is 13.2 Å². The van der Waals surface area contributed by atoms with Crippen molar-refractivity contribution in [2.24, 2.45) is 5.41 Å². The molecule has 2 rings (SSSR count). The van der Waals surface area contributed by atoms with E-state index in [0.717, 1.165) is 11.1 Å². The summed E-state index contributed by atoms with van der Waals surface area (Å²) < 4.78 is 25.5. The van der Waals surface area contributed by atoms with Crippen LogP contribution in [0.4, 0.5) is 0 Å². The molecule has 46 heavy (non-hydrogen) atoms. The average molecular weight is 656 g/mol. The first kappa shape index (κ1) is 39.4. The van der Waals surface area contributed by atoms with E-state index in [1.54, 1.807) is 20.8 Å². The number of hydrogen-bond donors (Lipinski definition) is 1. The van der Waals surface area contributed by atoms with Crippen LogP contribution in [0.15, 0.2) is 72.8 Å². The summed E-state index contributed by atoms with van der Waals surface area (Å²) in [7, 11) is -0.697. The minimum absolute atomic E-state index is 0.169. The number of nitrogens with one attached hydrogen (secondary N) is 1. The largest absolute Gasteiger partial charge is 0.449 e. The summed E-state index contributed by atoms with van der Waals surface area (Å²) >= 11 is 0.